The van der Waals surface area contributed by atoms with E-state index >= 15 is 0 Å². The number of alkyl halides is 1. The molecule has 3 nitrogen and oxygen atoms in total. The van der Waals surface area contributed by atoms with Gasteiger partial charge in [0.15, 0.2) is 10.9 Å². The largest absolute Gasteiger partial charge is 0.344 e. The quantitative estimate of drug-likeness (QED) is 0.621. The van der Waals surface area contributed by atoms with Crippen molar-refractivity contribution in [2.24, 2.45) is 0 Å². The van der Waals surface area contributed by atoms with E-state index in [2.05, 4.69) is 28.3 Å². The minimum atomic E-state index is -0.128. The molecule has 0 spiro atoms. The number of Topliss-reactive ketones (excluding diaryl/α,β-unsaturated/α-hetero) is 1. The van der Waals surface area contributed by atoms with E-state index in [0.717, 1.165) is 5.13 Å². The number of rotatable bonds is 5. The molecule has 0 N–H and O–H groups in total. The fraction of sp³-hybridized carbons (Fsp3) is 0.333. The second kappa shape index (κ2) is 5.82. The van der Waals surface area contributed by atoms with Crippen LogP contribution in [0.2, 0.25) is 0 Å². The Labute approximate surface area is 119 Å². The van der Waals surface area contributed by atoms with Crippen molar-refractivity contribution in [3.05, 3.63) is 33.5 Å². The first-order valence-electron chi connectivity index (χ1n) is 5.44. The molecule has 2 heterocycles. The molecule has 1 atom stereocenters. The third-order valence-electron chi connectivity index (χ3n) is 2.74. The standard InChI is InChI=1S/C12H13ClN2OS2/c1-8(11-4-3-5-17-11)15(2)12-14-9(7-18-12)10(16)6-13/h3-5,7-8H,6H2,1-2H3. The smallest absolute Gasteiger partial charge is 0.196 e. The summed E-state index contributed by atoms with van der Waals surface area (Å²) < 4.78 is 0. The Morgan fingerprint density at radius 2 is 2.33 bits per heavy atom. The van der Waals surface area contributed by atoms with Crippen molar-refractivity contribution >= 4 is 45.2 Å². The third kappa shape index (κ3) is 2.74. The van der Waals surface area contributed by atoms with Crippen LogP contribution in [-0.4, -0.2) is 23.7 Å². The summed E-state index contributed by atoms with van der Waals surface area (Å²) in [6.45, 7) is 2.12. The fourth-order valence-corrected chi connectivity index (χ4v) is 3.35. The van der Waals surface area contributed by atoms with Gasteiger partial charge in [-0.25, -0.2) is 4.98 Å². The van der Waals surface area contributed by atoms with Crippen LogP contribution in [0.4, 0.5) is 5.13 Å². The molecule has 0 aromatic carbocycles. The second-order valence-electron chi connectivity index (χ2n) is 3.87. The van der Waals surface area contributed by atoms with Gasteiger partial charge in [0.2, 0.25) is 0 Å². The van der Waals surface area contributed by atoms with Crippen molar-refractivity contribution in [1.82, 2.24) is 4.98 Å². The SMILES string of the molecule is CC(c1cccs1)N(C)c1nc(C(=O)CCl)cs1. The number of thiazole rings is 1. The maximum absolute atomic E-state index is 11.4. The van der Waals surface area contributed by atoms with Crippen molar-refractivity contribution in [3.8, 4) is 0 Å². The summed E-state index contributed by atoms with van der Waals surface area (Å²) in [7, 11) is 1.98. The van der Waals surface area contributed by atoms with Crippen molar-refractivity contribution in [1.29, 1.82) is 0 Å². The topological polar surface area (TPSA) is 33.2 Å². The number of carbonyl (C=O) groups excluding carboxylic acids is 1. The Morgan fingerprint density at radius 1 is 1.56 bits per heavy atom. The normalized spacial score (nSPS) is 12.4. The lowest BCUT2D eigenvalue weighted by atomic mass is 10.2. The molecule has 0 aliphatic carbocycles. The summed E-state index contributed by atoms with van der Waals surface area (Å²) in [5.74, 6) is -0.149. The minimum Gasteiger partial charge on any atom is -0.344 e. The molecule has 1 unspecified atom stereocenters. The van der Waals surface area contributed by atoms with Crippen LogP contribution in [0.3, 0.4) is 0 Å². The van der Waals surface area contributed by atoms with Crippen molar-refractivity contribution in [3.63, 3.8) is 0 Å². The Bertz CT molecular complexity index is 524. The Kier molecular flexibility index (Phi) is 4.37. The monoisotopic (exact) mass is 300 g/mol. The highest BCUT2D eigenvalue weighted by molar-refractivity contribution is 7.14. The number of halogens is 1. The molecule has 0 amide bonds. The molecule has 0 aliphatic rings. The van der Waals surface area contributed by atoms with E-state index in [4.69, 9.17) is 11.6 Å². The summed E-state index contributed by atoms with van der Waals surface area (Å²) in [6, 6.07) is 4.38. The zero-order valence-corrected chi connectivity index (χ0v) is 12.5. The molecule has 0 aliphatic heterocycles. The van der Waals surface area contributed by atoms with E-state index < -0.39 is 0 Å². The summed E-state index contributed by atoms with van der Waals surface area (Å²) in [4.78, 5) is 19.1. The zero-order chi connectivity index (χ0) is 13.1. The first-order chi connectivity index (χ1) is 8.63. The van der Waals surface area contributed by atoms with Crippen molar-refractivity contribution in [2.45, 2.75) is 13.0 Å². The van der Waals surface area contributed by atoms with Crippen LogP contribution in [0.1, 0.15) is 28.3 Å². The van der Waals surface area contributed by atoms with E-state index in [-0.39, 0.29) is 17.7 Å². The molecule has 0 saturated heterocycles. The molecular formula is C12H13ClN2OS2. The van der Waals surface area contributed by atoms with Crippen molar-refractivity contribution in [2.75, 3.05) is 17.8 Å². The highest BCUT2D eigenvalue weighted by atomic mass is 35.5. The average Bonchev–Trinajstić information content (AvgIpc) is 3.06. The van der Waals surface area contributed by atoms with Gasteiger partial charge in [0.25, 0.3) is 0 Å². The van der Waals surface area contributed by atoms with Crippen LogP contribution in [0.25, 0.3) is 0 Å². The molecule has 0 fully saturated rings. The molecule has 0 saturated carbocycles. The lowest BCUT2D eigenvalue weighted by Gasteiger charge is -2.23. The summed E-state index contributed by atoms with van der Waals surface area (Å²) in [6.07, 6.45) is 0. The van der Waals surface area contributed by atoms with Gasteiger partial charge in [-0.1, -0.05) is 6.07 Å². The van der Waals surface area contributed by atoms with Gasteiger partial charge in [0.1, 0.15) is 5.69 Å². The van der Waals surface area contributed by atoms with E-state index in [1.54, 1.807) is 16.7 Å². The van der Waals surface area contributed by atoms with Crippen molar-refractivity contribution < 1.29 is 4.79 Å². The fourth-order valence-electron chi connectivity index (χ4n) is 1.51. The molecule has 6 heteroatoms. The van der Waals surface area contributed by atoms with Gasteiger partial charge in [-0.2, -0.15) is 0 Å². The number of carbonyl (C=O) groups is 1. The molecule has 0 radical (unpaired) electrons. The number of thiophene rings is 1. The first-order valence-corrected chi connectivity index (χ1v) is 7.73. The van der Waals surface area contributed by atoms with Gasteiger partial charge in [-0.15, -0.1) is 34.3 Å². The lowest BCUT2D eigenvalue weighted by Crippen LogP contribution is -2.20. The van der Waals surface area contributed by atoms with Gasteiger partial charge >= 0.3 is 0 Å². The summed E-state index contributed by atoms with van der Waals surface area (Å²) in [5, 5.41) is 4.66. The minimum absolute atomic E-state index is 0.0205. The van der Waals surface area contributed by atoms with Gasteiger partial charge < -0.3 is 4.90 Å². The maximum atomic E-state index is 11.4. The van der Waals surface area contributed by atoms with Gasteiger partial charge in [0, 0.05) is 17.3 Å². The number of nitrogens with zero attached hydrogens (tertiary/aromatic N) is 2. The van der Waals surface area contributed by atoms with Crippen LogP contribution in [0.15, 0.2) is 22.9 Å². The number of hydrogen-bond acceptors (Lipinski definition) is 5. The molecular weight excluding hydrogens is 288 g/mol. The number of ketones is 1. The average molecular weight is 301 g/mol. The van der Waals surface area contributed by atoms with E-state index in [1.807, 2.05) is 13.1 Å². The highest BCUT2D eigenvalue weighted by Crippen LogP contribution is 2.30. The summed E-state index contributed by atoms with van der Waals surface area (Å²) >= 11 is 8.71. The van der Waals surface area contributed by atoms with E-state index in [1.165, 1.54) is 16.2 Å². The maximum Gasteiger partial charge on any atom is 0.196 e. The molecule has 2 rings (SSSR count). The number of aromatic nitrogens is 1. The van der Waals surface area contributed by atoms with E-state index in [9.17, 15) is 4.79 Å². The van der Waals surface area contributed by atoms with Crippen LogP contribution in [0.5, 0.6) is 0 Å². The van der Waals surface area contributed by atoms with Crippen LogP contribution >= 0.6 is 34.3 Å². The summed E-state index contributed by atoms with van der Waals surface area (Å²) in [5.41, 5.74) is 0.454. The molecule has 18 heavy (non-hydrogen) atoms. The molecule has 96 valence electrons. The van der Waals surface area contributed by atoms with Crippen LogP contribution in [0, 0.1) is 0 Å². The van der Waals surface area contributed by atoms with E-state index in [0.29, 0.717) is 5.69 Å². The zero-order valence-electron chi connectivity index (χ0n) is 10.1. The Balaban J connectivity index is 2.16. The predicted molar refractivity (Wildman–Crippen MR) is 78.3 cm³/mol. The molecule has 2 aromatic heterocycles. The lowest BCUT2D eigenvalue weighted by molar-refractivity contribution is 0.101. The van der Waals surface area contributed by atoms with Crippen LogP contribution in [-0.2, 0) is 0 Å². The second-order valence-corrected chi connectivity index (χ2v) is 5.96. The third-order valence-corrected chi connectivity index (χ3v) is 4.95. The molecule has 0 bridgehead atoms. The predicted octanol–water partition coefficient (Wildman–Crippen LogP) is 3.82. The Morgan fingerprint density at radius 3 is 2.94 bits per heavy atom. The number of anilines is 1. The number of hydrogen-bond donors (Lipinski definition) is 0. The highest BCUT2D eigenvalue weighted by Gasteiger charge is 2.17. The van der Waals surface area contributed by atoms with Gasteiger partial charge in [0.05, 0.1) is 11.9 Å². The first kappa shape index (κ1) is 13.5. The van der Waals surface area contributed by atoms with Gasteiger partial charge in [-0.05, 0) is 18.4 Å². The Hall–Kier alpha value is -0.910. The molecule has 2 aromatic rings. The van der Waals surface area contributed by atoms with Crippen LogP contribution < -0.4 is 4.90 Å². The van der Waals surface area contributed by atoms with Gasteiger partial charge in [-0.3, -0.25) is 4.79 Å².